The van der Waals surface area contributed by atoms with Crippen molar-refractivity contribution >= 4 is 5.78 Å². The molecular weight excluding hydrogens is 210 g/mol. The number of carbonyl (C=O) groups excluding carboxylic acids is 1. The molecule has 0 radical (unpaired) electrons. The van der Waals surface area contributed by atoms with E-state index in [2.05, 4.69) is 0 Å². The average Bonchev–Trinajstić information content (AvgIpc) is 2.11. The molecule has 0 aliphatic heterocycles. The first-order valence-corrected chi connectivity index (χ1v) is 4.05. The number of aromatic nitrogens is 2. The van der Waals surface area contributed by atoms with Crippen molar-refractivity contribution in [3.63, 3.8) is 0 Å². The third-order valence-electron chi connectivity index (χ3n) is 1.76. The van der Waals surface area contributed by atoms with Crippen LogP contribution in [0, 0.1) is 0 Å². The largest absolute Gasteiger partial charge is 0.328 e. The quantitative estimate of drug-likeness (QED) is 0.726. The Bertz CT molecular complexity index is 489. The number of hydrogen-bond donors (Lipinski definition) is 1. The van der Waals surface area contributed by atoms with Crippen molar-refractivity contribution < 1.29 is 13.6 Å². The standard InChI is InChI=1S/C8H8F2N2O3/c1-4(13)5-2-11-8(15)12(7(5)14)3-6(9)10/h2,6H,3H2,1H3,(H,11,15). The lowest BCUT2D eigenvalue weighted by Gasteiger charge is -2.04. The zero-order valence-corrected chi connectivity index (χ0v) is 7.79. The second kappa shape index (κ2) is 4.16. The van der Waals surface area contributed by atoms with E-state index in [-0.39, 0.29) is 5.56 Å². The van der Waals surface area contributed by atoms with Crippen molar-refractivity contribution in [2.24, 2.45) is 0 Å². The molecular formula is C8H8F2N2O3. The van der Waals surface area contributed by atoms with Crippen LogP contribution in [0.2, 0.25) is 0 Å². The number of alkyl halides is 2. The van der Waals surface area contributed by atoms with Crippen LogP contribution in [0.5, 0.6) is 0 Å². The molecule has 0 aliphatic carbocycles. The molecule has 15 heavy (non-hydrogen) atoms. The van der Waals surface area contributed by atoms with E-state index in [1.54, 1.807) is 0 Å². The second-order valence-corrected chi connectivity index (χ2v) is 2.87. The molecule has 0 amide bonds. The molecule has 1 N–H and O–H groups in total. The fourth-order valence-corrected chi connectivity index (χ4v) is 1.07. The van der Waals surface area contributed by atoms with Crippen molar-refractivity contribution in [2.45, 2.75) is 19.9 Å². The minimum absolute atomic E-state index is 0.307. The summed E-state index contributed by atoms with van der Waals surface area (Å²) in [5.41, 5.74) is -2.26. The van der Waals surface area contributed by atoms with Crippen molar-refractivity contribution in [3.8, 4) is 0 Å². The van der Waals surface area contributed by atoms with E-state index in [0.29, 0.717) is 4.57 Å². The molecule has 0 atom stereocenters. The van der Waals surface area contributed by atoms with Gasteiger partial charge in [-0.05, 0) is 6.92 Å². The van der Waals surface area contributed by atoms with Crippen LogP contribution in [0.1, 0.15) is 17.3 Å². The van der Waals surface area contributed by atoms with E-state index in [1.807, 2.05) is 4.98 Å². The maximum Gasteiger partial charge on any atom is 0.328 e. The van der Waals surface area contributed by atoms with Crippen LogP contribution in [0.25, 0.3) is 0 Å². The molecule has 1 aromatic heterocycles. The molecule has 0 bridgehead atoms. The van der Waals surface area contributed by atoms with Gasteiger partial charge in [0.05, 0.1) is 12.1 Å². The van der Waals surface area contributed by atoms with Crippen LogP contribution >= 0.6 is 0 Å². The number of H-pyrrole nitrogens is 1. The van der Waals surface area contributed by atoms with Crippen LogP contribution in [-0.2, 0) is 6.54 Å². The van der Waals surface area contributed by atoms with E-state index in [0.717, 1.165) is 13.1 Å². The van der Waals surface area contributed by atoms with E-state index < -0.39 is 30.0 Å². The monoisotopic (exact) mass is 218 g/mol. The van der Waals surface area contributed by atoms with Gasteiger partial charge in [-0.25, -0.2) is 13.6 Å². The predicted octanol–water partition coefficient (Wildman–Crippen LogP) is 0.00430. The van der Waals surface area contributed by atoms with Gasteiger partial charge in [0.1, 0.15) is 0 Å². The number of Topliss-reactive ketones (excluding diaryl/α,β-unsaturated/α-hetero) is 1. The maximum absolute atomic E-state index is 12.0. The van der Waals surface area contributed by atoms with Crippen LogP contribution < -0.4 is 11.2 Å². The summed E-state index contributed by atoms with van der Waals surface area (Å²) in [4.78, 5) is 35.3. The van der Waals surface area contributed by atoms with Gasteiger partial charge in [-0.1, -0.05) is 0 Å². The molecule has 0 fully saturated rings. The van der Waals surface area contributed by atoms with Gasteiger partial charge in [0.2, 0.25) is 0 Å². The Morgan fingerprint density at radius 2 is 2.13 bits per heavy atom. The lowest BCUT2D eigenvalue weighted by atomic mass is 10.2. The van der Waals surface area contributed by atoms with Gasteiger partial charge in [-0.2, -0.15) is 0 Å². The Balaban J connectivity index is 3.37. The van der Waals surface area contributed by atoms with E-state index in [4.69, 9.17) is 0 Å². The Morgan fingerprint density at radius 3 is 2.60 bits per heavy atom. The first-order valence-electron chi connectivity index (χ1n) is 4.05. The third kappa shape index (κ3) is 2.36. The van der Waals surface area contributed by atoms with Crippen LogP contribution in [-0.4, -0.2) is 21.8 Å². The van der Waals surface area contributed by atoms with Crippen LogP contribution in [0.4, 0.5) is 8.78 Å². The molecule has 0 aliphatic rings. The smallest absolute Gasteiger partial charge is 0.313 e. The van der Waals surface area contributed by atoms with E-state index in [9.17, 15) is 23.2 Å². The van der Waals surface area contributed by atoms with Crippen molar-refractivity contribution in [1.29, 1.82) is 0 Å². The molecule has 7 heteroatoms. The summed E-state index contributed by atoms with van der Waals surface area (Å²) in [5.74, 6) is -0.584. The normalized spacial score (nSPS) is 10.7. The van der Waals surface area contributed by atoms with Crippen molar-refractivity contribution in [1.82, 2.24) is 9.55 Å². The summed E-state index contributed by atoms with van der Waals surface area (Å²) in [5, 5.41) is 0. The number of nitrogens with zero attached hydrogens (tertiary/aromatic N) is 1. The molecule has 0 spiro atoms. The highest BCUT2D eigenvalue weighted by Gasteiger charge is 2.13. The second-order valence-electron chi connectivity index (χ2n) is 2.87. The molecule has 0 saturated carbocycles. The fourth-order valence-electron chi connectivity index (χ4n) is 1.07. The first kappa shape index (κ1) is 11.3. The third-order valence-corrected chi connectivity index (χ3v) is 1.76. The topological polar surface area (TPSA) is 71.9 Å². The average molecular weight is 218 g/mol. The summed E-state index contributed by atoms with van der Waals surface area (Å²) in [7, 11) is 0. The lowest BCUT2D eigenvalue weighted by molar-refractivity contribution is 0.101. The van der Waals surface area contributed by atoms with Gasteiger partial charge in [0.15, 0.2) is 5.78 Å². The SMILES string of the molecule is CC(=O)c1c[nH]c(=O)n(CC(F)F)c1=O. The Hall–Kier alpha value is -1.79. The molecule has 0 unspecified atom stereocenters. The fraction of sp³-hybridized carbons (Fsp3) is 0.375. The van der Waals surface area contributed by atoms with Crippen molar-refractivity contribution in [3.05, 3.63) is 32.6 Å². The number of aromatic amines is 1. The van der Waals surface area contributed by atoms with Crippen LogP contribution in [0.15, 0.2) is 15.8 Å². The van der Waals surface area contributed by atoms with Gasteiger partial charge in [0, 0.05) is 6.20 Å². The number of halogens is 2. The Morgan fingerprint density at radius 1 is 1.53 bits per heavy atom. The number of carbonyl (C=O) groups is 1. The van der Waals surface area contributed by atoms with E-state index in [1.165, 1.54) is 0 Å². The molecule has 82 valence electrons. The number of hydrogen-bond acceptors (Lipinski definition) is 3. The van der Waals surface area contributed by atoms with E-state index >= 15 is 0 Å². The summed E-state index contributed by atoms with van der Waals surface area (Å²) in [6.07, 6.45) is -1.90. The highest BCUT2D eigenvalue weighted by atomic mass is 19.3. The predicted molar refractivity (Wildman–Crippen MR) is 47.3 cm³/mol. The van der Waals surface area contributed by atoms with Crippen LogP contribution in [0.3, 0.4) is 0 Å². The first-order chi connectivity index (χ1) is 6.93. The summed E-state index contributed by atoms with van der Waals surface area (Å²) in [6, 6.07) is 0. The highest BCUT2D eigenvalue weighted by Crippen LogP contribution is 1.94. The minimum Gasteiger partial charge on any atom is -0.313 e. The van der Waals surface area contributed by atoms with Gasteiger partial charge in [-0.15, -0.1) is 0 Å². The summed E-state index contributed by atoms with van der Waals surface area (Å²) >= 11 is 0. The molecule has 1 aromatic rings. The Labute approximate surface area is 82.4 Å². The molecule has 0 saturated heterocycles. The zero-order chi connectivity index (χ0) is 11.6. The molecule has 0 aromatic carbocycles. The van der Waals surface area contributed by atoms with Gasteiger partial charge in [0.25, 0.3) is 12.0 Å². The maximum atomic E-state index is 12.0. The summed E-state index contributed by atoms with van der Waals surface area (Å²) in [6.45, 7) is 0.0943. The Kier molecular flexibility index (Phi) is 3.13. The van der Waals surface area contributed by atoms with Gasteiger partial charge < -0.3 is 4.98 Å². The lowest BCUT2D eigenvalue weighted by Crippen LogP contribution is -2.39. The van der Waals surface area contributed by atoms with Crippen molar-refractivity contribution in [2.75, 3.05) is 0 Å². The zero-order valence-electron chi connectivity index (χ0n) is 7.79. The molecule has 1 rings (SSSR count). The van der Waals surface area contributed by atoms with Gasteiger partial charge >= 0.3 is 5.69 Å². The van der Waals surface area contributed by atoms with Gasteiger partial charge in [-0.3, -0.25) is 14.2 Å². The number of rotatable bonds is 3. The molecule has 5 nitrogen and oxygen atoms in total. The minimum atomic E-state index is -2.83. The summed E-state index contributed by atoms with van der Waals surface area (Å²) < 4.78 is 24.3. The molecule has 1 heterocycles. The number of nitrogens with one attached hydrogen (secondary N) is 1. The highest BCUT2D eigenvalue weighted by molar-refractivity contribution is 5.93. The number of ketones is 1.